The van der Waals surface area contributed by atoms with Crippen LogP contribution in [0.3, 0.4) is 0 Å². The van der Waals surface area contributed by atoms with E-state index in [1.165, 1.54) is 26.6 Å². The van der Waals surface area contributed by atoms with Gasteiger partial charge in [-0.25, -0.2) is 0 Å². The van der Waals surface area contributed by atoms with Crippen LogP contribution in [0.4, 0.5) is 26.3 Å². The van der Waals surface area contributed by atoms with Crippen molar-refractivity contribution in [1.82, 2.24) is 0 Å². The van der Waals surface area contributed by atoms with Crippen LogP contribution in [0.15, 0.2) is 0 Å². The lowest BCUT2D eigenvalue weighted by atomic mass is 10.0. The average molecular weight is 338 g/mol. The van der Waals surface area contributed by atoms with E-state index in [-0.39, 0.29) is 0 Å². The first-order valence-electron chi connectivity index (χ1n) is 6.15. The molecular formula is C11H16F6O3Si. The van der Waals surface area contributed by atoms with Crippen molar-refractivity contribution in [2.45, 2.75) is 50.9 Å². The van der Waals surface area contributed by atoms with Crippen molar-refractivity contribution < 1.29 is 40.3 Å². The highest BCUT2D eigenvalue weighted by Gasteiger charge is 2.94. The van der Waals surface area contributed by atoms with E-state index in [1.807, 2.05) is 0 Å². The number of hydrogen-bond acceptors (Lipinski definition) is 3. The van der Waals surface area contributed by atoms with Crippen LogP contribution in [0.5, 0.6) is 0 Å². The molecule has 1 aliphatic carbocycles. The molecule has 0 spiro atoms. The summed E-state index contributed by atoms with van der Waals surface area (Å²) in [6.45, 7) is 4.75. The van der Waals surface area contributed by atoms with Crippen LogP contribution < -0.4 is 0 Å². The molecule has 1 rings (SSSR count). The molecule has 124 valence electrons. The summed E-state index contributed by atoms with van der Waals surface area (Å²) < 4.78 is 88.4. The Balaban J connectivity index is 3.38. The van der Waals surface area contributed by atoms with Gasteiger partial charge in [-0.3, -0.25) is 4.79 Å². The Kier molecular flexibility index (Phi) is 4.24. The van der Waals surface area contributed by atoms with Gasteiger partial charge in [-0.1, -0.05) is 0 Å². The molecule has 0 saturated heterocycles. The third-order valence-corrected chi connectivity index (χ3v) is 4.09. The maximum Gasteiger partial charge on any atom is 0.417 e. The summed E-state index contributed by atoms with van der Waals surface area (Å²) in [6, 6.07) is 0. The lowest BCUT2D eigenvalue weighted by molar-refractivity contribution is -0.270. The summed E-state index contributed by atoms with van der Waals surface area (Å²) >= 11 is 0. The van der Waals surface area contributed by atoms with E-state index in [0.29, 0.717) is 0 Å². The minimum atomic E-state index is -5.41. The van der Waals surface area contributed by atoms with Gasteiger partial charge in [-0.15, -0.1) is 0 Å². The zero-order chi connectivity index (χ0) is 16.9. The predicted octanol–water partition coefficient (Wildman–Crippen LogP) is 3.65. The van der Waals surface area contributed by atoms with E-state index < -0.39 is 50.7 Å². The maximum absolute atomic E-state index is 13.2. The first kappa shape index (κ1) is 18.3. The normalized spacial score (nSPS) is 30.2. The molecule has 0 aromatic carbocycles. The van der Waals surface area contributed by atoms with Crippen LogP contribution >= 0.6 is 0 Å². The van der Waals surface area contributed by atoms with Gasteiger partial charge >= 0.3 is 18.3 Å². The third-order valence-electron chi connectivity index (χ3n) is 3.12. The van der Waals surface area contributed by atoms with Crippen LogP contribution in [0.2, 0.25) is 19.6 Å². The standard InChI is InChI=1S/C11H16F6O3Si/c1-5-19-7(18)8(10(12,13)14)6-9(8,11(15,16)17)20-21(2,3)4/h5-6H2,1-4H3/t8-,9+/m0/s1. The Bertz CT molecular complexity index is 427. The van der Waals surface area contributed by atoms with E-state index in [0.717, 1.165) is 0 Å². The Hall–Kier alpha value is -0.773. The number of ether oxygens (including phenoxy) is 1. The Labute approximate surface area is 118 Å². The van der Waals surface area contributed by atoms with E-state index in [9.17, 15) is 31.1 Å². The van der Waals surface area contributed by atoms with E-state index in [2.05, 4.69) is 4.74 Å². The van der Waals surface area contributed by atoms with Crippen molar-refractivity contribution in [2.75, 3.05) is 6.61 Å². The Morgan fingerprint density at radius 3 is 1.86 bits per heavy atom. The Morgan fingerprint density at radius 2 is 1.57 bits per heavy atom. The minimum absolute atomic E-state index is 0.447. The molecule has 0 heterocycles. The zero-order valence-electron chi connectivity index (χ0n) is 11.9. The summed E-state index contributed by atoms with van der Waals surface area (Å²) in [5.74, 6) is -1.94. The number of carbonyl (C=O) groups is 1. The second-order valence-corrected chi connectivity index (χ2v) is 10.3. The third kappa shape index (κ3) is 2.79. The highest BCUT2D eigenvalue weighted by Crippen LogP contribution is 2.73. The number of rotatable bonds is 4. The van der Waals surface area contributed by atoms with Crippen LogP contribution in [-0.2, 0) is 14.0 Å². The second-order valence-electron chi connectivity index (χ2n) is 5.84. The van der Waals surface area contributed by atoms with Gasteiger partial charge in [0.15, 0.2) is 13.9 Å². The molecule has 0 aliphatic heterocycles. The van der Waals surface area contributed by atoms with Crippen LogP contribution in [0.1, 0.15) is 13.3 Å². The fourth-order valence-electron chi connectivity index (χ4n) is 2.31. The topological polar surface area (TPSA) is 35.5 Å². The molecule has 10 heteroatoms. The largest absolute Gasteiger partial charge is 0.465 e. The minimum Gasteiger partial charge on any atom is -0.465 e. The van der Waals surface area contributed by atoms with Crippen LogP contribution in [-0.4, -0.2) is 38.8 Å². The van der Waals surface area contributed by atoms with Crippen LogP contribution in [0, 0.1) is 5.41 Å². The summed E-state index contributed by atoms with van der Waals surface area (Å²) in [5, 5.41) is 0. The number of hydrogen-bond donors (Lipinski definition) is 0. The highest BCUT2D eigenvalue weighted by molar-refractivity contribution is 6.69. The highest BCUT2D eigenvalue weighted by atomic mass is 28.4. The SMILES string of the molecule is CCOC(=O)[C@@]1(C(F)(F)F)C[C@]1(O[Si](C)(C)C)C(F)(F)F. The molecule has 0 aromatic rings. The Morgan fingerprint density at radius 1 is 1.10 bits per heavy atom. The number of carbonyl (C=O) groups excluding carboxylic acids is 1. The number of alkyl halides is 6. The van der Waals surface area contributed by atoms with E-state index in [1.54, 1.807) is 0 Å². The van der Waals surface area contributed by atoms with Gasteiger partial charge in [0, 0.05) is 6.42 Å². The van der Waals surface area contributed by atoms with Gasteiger partial charge < -0.3 is 9.16 Å². The van der Waals surface area contributed by atoms with E-state index >= 15 is 0 Å². The van der Waals surface area contributed by atoms with Gasteiger partial charge in [0.1, 0.15) is 0 Å². The molecule has 0 radical (unpaired) electrons. The van der Waals surface area contributed by atoms with Crippen molar-refractivity contribution in [1.29, 1.82) is 0 Å². The van der Waals surface area contributed by atoms with Gasteiger partial charge in [0.05, 0.1) is 6.61 Å². The molecule has 0 unspecified atom stereocenters. The molecule has 3 nitrogen and oxygen atoms in total. The fraction of sp³-hybridized carbons (Fsp3) is 0.909. The van der Waals surface area contributed by atoms with Crippen molar-refractivity contribution in [2.24, 2.45) is 5.41 Å². The lowest BCUT2D eigenvalue weighted by Gasteiger charge is -2.33. The van der Waals surface area contributed by atoms with Gasteiger partial charge in [-0.05, 0) is 26.6 Å². The van der Waals surface area contributed by atoms with Gasteiger partial charge in [-0.2, -0.15) is 26.3 Å². The molecule has 0 N–H and O–H groups in total. The summed E-state index contributed by atoms with van der Waals surface area (Å²) in [4.78, 5) is 11.6. The maximum atomic E-state index is 13.2. The summed E-state index contributed by atoms with van der Waals surface area (Å²) in [7, 11) is -3.00. The monoisotopic (exact) mass is 338 g/mol. The summed E-state index contributed by atoms with van der Waals surface area (Å²) in [5.41, 5.74) is -7.22. The fourth-order valence-corrected chi connectivity index (χ4v) is 3.72. The van der Waals surface area contributed by atoms with Crippen molar-refractivity contribution in [3.8, 4) is 0 Å². The van der Waals surface area contributed by atoms with Crippen LogP contribution in [0.25, 0.3) is 0 Å². The molecule has 1 fully saturated rings. The van der Waals surface area contributed by atoms with Crippen molar-refractivity contribution in [3.05, 3.63) is 0 Å². The number of halogens is 6. The molecule has 0 amide bonds. The molecular weight excluding hydrogens is 322 g/mol. The quantitative estimate of drug-likeness (QED) is 0.446. The summed E-state index contributed by atoms with van der Waals surface area (Å²) in [6.07, 6.45) is -12.2. The zero-order valence-corrected chi connectivity index (χ0v) is 12.9. The molecule has 1 saturated carbocycles. The molecule has 0 bridgehead atoms. The van der Waals surface area contributed by atoms with Crippen molar-refractivity contribution >= 4 is 14.3 Å². The van der Waals surface area contributed by atoms with E-state index in [4.69, 9.17) is 4.43 Å². The smallest absolute Gasteiger partial charge is 0.417 e. The molecule has 1 aliphatic rings. The first-order chi connectivity index (χ1) is 9.15. The first-order valence-corrected chi connectivity index (χ1v) is 9.56. The lowest BCUT2D eigenvalue weighted by Crippen LogP contribution is -2.53. The second kappa shape index (κ2) is 4.87. The molecule has 2 atom stereocenters. The van der Waals surface area contributed by atoms with Crippen molar-refractivity contribution in [3.63, 3.8) is 0 Å². The average Bonchev–Trinajstić information content (AvgIpc) is 2.85. The molecule has 21 heavy (non-hydrogen) atoms. The van der Waals surface area contributed by atoms with Gasteiger partial charge in [0.25, 0.3) is 0 Å². The predicted molar refractivity (Wildman–Crippen MR) is 63.0 cm³/mol. The molecule has 0 aromatic heterocycles. The van der Waals surface area contributed by atoms with Gasteiger partial charge in [0.2, 0.25) is 5.41 Å². The number of esters is 1.